The molecule has 1 N–H and O–H groups in total. The maximum Gasteiger partial charge on any atom is 0.279 e. The number of hydrogen-bond donors (Lipinski definition) is 1. The summed E-state index contributed by atoms with van der Waals surface area (Å²) >= 11 is 5.43. The standard InChI is InChI=1S/C7H15ClN2O2S/c1-4-10(5-2)13(11,12)9-6-7(3)8/h9H,3-6H2,1-2H3. The van der Waals surface area contributed by atoms with E-state index in [4.69, 9.17) is 11.6 Å². The molecule has 0 unspecified atom stereocenters. The predicted octanol–water partition coefficient (Wildman–Crippen LogP) is 0.915. The van der Waals surface area contributed by atoms with Crippen molar-refractivity contribution < 1.29 is 8.42 Å². The van der Waals surface area contributed by atoms with Gasteiger partial charge in [-0.15, -0.1) is 0 Å². The topological polar surface area (TPSA) is 49.4 Å². The van der Waals surface area contributed by atoms with Crippen LogP contribution in [0.1, 0.15) is 13.8 Å². The Balaban J connectivity index is 4.30. The molecule has 0 fully saturated rings. The first-order chi connectivity index (χ1) is 5.94. The Labute approximate surface area is 84.7 Å². The van der Waals surface area contributed by atoms with Crippen LogP contribution in [-0.4, -0.2) is 32.4 Å². The fraction of sp³-hybridized carbons (Fsp3) is 0.714. The van der Waals surface area contributed by atoms with E-state index in [2.05, 4.69) is 11.3 Å². The van der Waals surface area contributed by atoms with E-state index in [1.807, 2.05) is 0 Å². The molecule has 0 radical (unpaired) electrons. The smallest absolute Gasteiger partial charge is 0.197 e. The normalized spacial score (nSPS) is 12.0. The van der Waals surface area contributed by atoms with E-state index in [-0.39, 0.29) is 11.6 Å². The van der Waals surface area contributed by atoms with Gasteiger partial charge in [0.15, 0.2) is 0 Å². The highest BCUT2D eigenvalue weighted by atomic mass is 35.5. The van der Waals surface area contributed by atoms with Gasteiger partial charge in [-0.1, -0.05) is 32.0 Å². The van der Waals surface area contributed by atoms with Crippen molar-refractivity contribution in [3.05, 3.63) is 11.6 Å². The molecule has 0 aromatic rings. The highest BCUT2D eigenvalue weighted by molar-refractivity contribution is 7.87. The maximum absolute atomic E-state index is 11.4. The molecule has 0 bridgehead atoms. The van der Waals surface area contributed by atoms with Crippen molar-refractivity contribution in [2.24, 2.45) is 0 Å². The molecule has 6 heteroatoms. The average molecular weight is 227 g/mol. The van der Waals surface area contributed by atoms with Crippen LogP contribution in [0.15, 0.2) is 11.6 Å². The predicted molar refractivity (Wildman–Crippen MR) is 54.8 cm³/mol. The lowest BCUT2D eigenvalue weighted by atomic mass is 10.7. The molecular weight excluding hydrogens is 212 g/mol. The van der Waals surface area contributed by atoms with Crippen molar-refractivity contribution in [3.63, 3.8) is 0 Å². The van der Waals surface area contributed by atoms with Crippen LogP contribution in [0.2, 0.25) is 0 Å². The second-order valence-corrected chi connectivity index (χ2v) is 4.72. The third-order valence-corrected chi connectivity index (χ3v) is 3.33. The van der Waals surface area contributed by atoms with Gasteiger partial charge in [-0.05, 0) is 0 Å². The van der Waals surface area contributed by atoms with Gasteiger partial charge >= 0.3 is 0 Å². The summed E-state index contributed by atoms with van der Waals surface area (Å²) < 4.78 is 26.5. The first-order valence-electron chi connectivity index (χ1n) is 4.02. The van der Waals surface area contributed by atoms with E-state index in [1.54, 1.807) is 13.8 Å². The maximum atomic E-state index is 11.4. The largest absolute Gasteiger partial charge is 0.279 e. The lowest BCUT2D eigenvalue weighted by molar-refractivity contribution is 0.437. The summed E-state index contributed by atoms with van der Waals surface area (Å²) in [4.78, 5) is 0. The Hall–Kier alpha value is -0.100. The van der Waals surface area contributed by atoms with Crippen LogP contribution in [0.5, 0.6) is 0 Å². The summed E-state index contributed by atoms with van der Waals surface area (Å²) in [7, 11) is -3.38. The first-order valence-corrected chi connectivity index (χ1v) is 5.83. The molecular formula is C7H15ClN2O2S. The van der Waals surface area contributed by atoms with Crippen molar-refractivity contribution in [2.45, 2.75) is 13.8 Å². The van der Waals surface area contributed by atoms with E-state index in [0.29, 0.717) is 13.1 Å². The Kier molecular flexibility index (Phi) is 5.55. The minimum Gasteiger partial charge on any atom is -0.197 e. The van der Waals surface area contributed by atoms with E-state index in [9.17, 15) is 8.42 Å². The minimum absolute atomic E-state index is 0.0698. The van der Waals surface area contributed by atoms with Crippen molar-refractivity contribution in [1.82, 2.24) is 9.03 Å². The zero-order chi connectivity index (χ0) is 10.5. The number of rotatable bonds is 6. The van der Waals surface area contributed by atoms with Gasteiger partial charge in [0.25, 0.3) is 10.2 Å². The first kappa shape index (κ1) is 12.9. The van der Waals surface area contributed by atoms with Gasteiger partial charge < -0.3 is 0 Å². The lowest BCUT2D eigenvalue weighted by Gasteiger charge is -2.18. The van der Waals surface area contributed by atoms with Crippen LogP contribution >= 0.6 is 11.6 Å². The Morgan fingerprint density at radius 1 is 1.46 bits per heavy atom. The highest BCUT2D eigenvalue weighted by Crippen LogP contribution is 1.99. The number of nitrogens with one attached hydrogen (secondary N) is 1. The van der Waals surface area contributed by atoms with E-state index in [1.165, 1.54) is 4.31 Å². The molecule has 0 amide bonds. The number of nitrogens with zero attached hydrogens (tertiary/aromatic N) is 1. The molecule has 78 valence electrons. The molecule has 0 aliphatic heterocycles. The molecule has 0 aliphatic carbocycles. The molecule has 0 aromatic carbocycles. The summed E-state index contributed by atoms with van der Waals surface area (Å²) in [5, 5.41) is 0.274. The summed E-state index contributed by atoms with van der Waals surface area (Å²) in [5.41, 5.74) is 0. The molecule has 0 saturated carbocycles. The molecule has 0 spiro atoms. The van der Waals surface area contributed by atoms with Gasteiger partial charge in [-0.25, -0.2) is 0 Å². The number of halogens is 1. The quantitative estimate of drug-likeness (QED) is 0.732. The minimum atomic E-state index is -3.38. The molecule has 0 aliphatic rings. The highest BCUT2D eigenvalue weighted by Gasteiger charge is 2.17. The van der Waals surface area contributed by atoms with E-state index in [0.717, 1.165) is 0 Å². The van der Waals surface area contributed by atoms with Crippen molar-refractivity contribution in [3.8, 4) is 0 Å². The average Bonchev–Trinajstić information content (AvgIpc) is 2.03. The molecule has 0 aromatic heterocycles. The summed E-state index contributed by atoms with van der Waals surface area (Å²) in [6, 6.07) is 0. The summed E-state index contributed by atoms with van der Waals surface area (Å²) in [5.74, 6) is 0. The monoisotopic (exact) mass is 226 g/mol. The molecule has 0 rings (SSSR count). The van der Waals surface area contributed by atoms with Gasteiger partial charge in [0.1, 0.15) is 0 Å². The van der Waals surface area contributed by atoms with Crippen molar-refractivity contribution in [2.75, 3.05) is 19.6 Å². The summed E-state index contributed by atoms with van der Waals surface area (Å²) in [6.45, 7) is 7.90. The molecule has 4 nitrogen and oxygen atoms in total. The van der Waals surface area contributed by atoms with Gasteiger partial charge in [0.2, 0.25) is 0 Å². The molecule has 0 atom stereocenters. The van der Waals surface area contributed by atoms with Gasteiger partial charge in [-0.3, -0.25) is 0 Å². The van der Waals surface area contributed by atoms with E-state index >= 15 is 0 Å². The fourth-order valence-corrected chi connectivity index (χ4v) is 2.19. The van der Waals surface area contributed by atoms with Gasteiger partial charge in [0, 0.05) is 24.7 Å². The summed E-state index contributed by atoms with van der Waals surface area (Å²) in [6.07, 6.45) is 0. The van der Waals surface area contributed by atoms with Crippen LogP contribution in [0.3, 0.4) is 0 Å². The zero-order valence-corrected chi connectivity index (χ0v) is 9.45. The van der Waals surface area contributed by atoms with Crippen LogP contribution in [0.4, 0.5) is 0 Å². The second kappa shape index (κ2) is 5.59. The number of hydrogen-bond acceptors (Lipinski definition) is 2. The Morgan fingerprint density at radius 2 is 1.92 bits per heavy atom. The Bertz CT molecular complexity index is 260. The van der Waals surface area contributed by atoms with Crippen molar-refractivity contribution >= 4 is 21.8 Å². The molecule has 0 heterocycles. The van der Waals surface area contributed by atoms with Gasteiger partial charge in [-0.2, -0.15) is 17.4 Å². The molecule has 0 saturated heterocycles. The SMILES string of the molecule is C=C(Cl)CNS(=O)(=O)N(CC)CC. The molecule has 13 heavy (non-hydrogen) atoms. The fourth-order valence-electron chi connectivity index (χ4n) is 0.824. The van der Waals surface area contributed by atoms with Crippen LogP contribution in [-0.2, 0) is 10.2 Å². The van der Waals surface area contributed by atoms with Crippen LogP contribution in [0.25, 0.3) is 0 Å². The van der Waals surface area contributed by atoms with Crippen molar-refractivity contribution in [1.29, 1.82) is 0 Å². The second-order valence-electron chi connectivity index (χ2n) is 2.43. The third kappa shape index (κ3) is 4.61. The third-order valence-electron chi connectivity index (χ3n) is 1.49. The Morgan fingerprint density at radius 3 is 2.23 bits per heavy atom. The van der Waals surface area contributed by atoms with Gasteiger partial charge in [0.05, 0.1) is 0 Å². The van der Waals surface area contributed by atoms with Crippen LogP contribution < -0.4 is 4.72 Å². The lowest BCUT2D eigenvalue weighted by Crippen LogP contribution is -2.40. The zero-order valence-electron chi connectivity index (χ0n) is 7.88. The van der Waals surface area contributed by atoms with Crippen LogP contribution in [0, 0.1) is 0 Å². The van der Waals surface area contributed by atoms with E-state index < -0.39 is 10.2 Å².